The number of aromatic nitrogens is 4. The maximum atomic E-state index is 12.2. The van der Waals surface area contributed by atoms with Crippen molar-refractivity contribution in [3.8, 4) is 0 Å². The molecule has 6 N–H and O–H groups in total. The molecule has 0 aromatic carbocycles. The first-order valence-corrected chi connectivity index (χ1v) is 14.3. The zero-order valence-electron chi connectivity index (χ0n) is 23.7. The molecule has 3 saturated heterocycles. The molecule has 2 unspecified atom stereocenters. The highest BCUT2D eigenvalue weighted by atomic mass is 16.6. The Morgan fingerprint density at radius 1 is 1.22 bits per heavy atom. The van der Waals surface area contributed by atoms with Crippen molar-refractivity contribution in [2.45, 2.75) is 83.5 Å². The second-order valence-corrected chi connectivity index (χ2v) is 10.1. The van der Waals surface area contributed by atoms with Crippen LogP contribution in [-0.4, -0.2) is 103 Å². The number of likely N-dealkylation sites (N-methyl/N-ethyl adjacent to an activating group) is 1. The van der Waals surface area contributed by atoms with Crippen molar-refractivity contribution in [3.05, 3.63) is 12.2 Å². The number of aliphatic hydroxyl groups is 2. The molecule has 5 atom stereocenters. The van der Waals surface area contributed by atoms with E-state index in [1.165, 1.54) is 10.9 Å². The smallest absolute Gasteiger partial charge is 0.410 e. The molecule has 0 spiro atoms. The van der Waals surface area contributed by atoms with Crippen molar-refractivity contribution >= 4 is 34.9 Å². The predicted octanol–water partition coefficient (Wildman–Crippen LogP) is -0.140. The Morgan fingerprint density at radius 3 is 2.59 bits per heavy atom. The van der Waals surface area contributed by atoms with Crippen LogP contribution in [0.2, 0.25) is 0 Å². The summed E-state index contributed by atoms with van der Waals surface area (Å²) < 4.78 is 12.4. The fraction of sp³-hybridized carbons (Fsp3) is 0.692. The molecule has 0 radical (unpaired) electrons. The minimum Gasteiger partial charge on any atom is -0.434 e. The van der Waals surface area contributed by atoms with E-state index in [1.54, 1.807) is 11.8 Å². The lowest BCUT2D eigenvalue weighted by Crippen LogP contribution is -2.56. The zero-order valence-corrected chi connectivity index (χ0v) is 23.7. The molecule has 2 aromatic rings. The predicted molar refractivity (Wildman–Crippen MR) is 146 cm³/mol. The van der Waals surface area contributed by atoms with Crippen molar-refractivity contribution in [2.75, 3.05) is 31.9 Å². The minimum atomic E-state index is -1.41. The maximum Gasteiger partial charge on any atom is 0.410 e. The summed E-state index contributed by atoms with van der Waals surface area (Å²) >= 11 is 0. The highest BCUT2D eigenvalue weighted by Crippen LogP contribution is 2.32. The number of hydrogen-bond acceptors (Lipinski definition) is 11. The fourth-order valence-corrected chi connectivity index (χ4v) is 5.18. The van der Waals surface area contributed by atoms with Gasteiger partial charge < -0.3 is 41.0 Å². The number of carbonyl (C=O) groups is 3. The van der Waals surface area contributed by atoms with Gasteiger partial charge in [-0.3, -0.25) is 14.2 Å². The minimum absolute atomic E-state index is 0.189. The standard InChI is InChI=1S/C24H34N8O7.C2H6/c1-2-26-22(36)18-16(33)17(34)23(39-18)32-11-28-15-19(25)29-14(30-20(15)32)5-3-4-12-6-8-31(9-7-12)24(37)38-13-10-27-21(13)35;1-2/h11-13,16-18,23,33-34H,2-10H2,1H3,(H,26,36)(H,27,35)(H2,25,29,30);1-2H3/t13?,16?,17-,18-,23+;/m0./s1. The number of nitrogens with zero attached hydrogens (tertiary/aromatic N) is 5. The second kappa shape index (κ2) is 13.4. The molecule has 2 aromatic heterocycles. The summed E-state index contributed by atoms with van der Waals surface area (Å²) in [4.78, 5) is 50.7. The van der Waals surface area contributed by atoms with E-state index in [0.717, 1.165) is 25.7 Å². The van der Waals surface area contributed by atoms with E-state index in [9.17, 15) is 24.6 Å². The number of nitrogens with two attached hydrogens (primary N) is 1. The van der Waals surface area contributed by atoms with E-state index < -0.39 is 42.6 Å². The molecule has 5 rings (SSSR count). The number of likely N-dealkylation sites (tertiary alicyclic amines) is 1. The van der Waals surface area contributed by atoms with Gasteiger partial charge in [-0.1, -0.05) is 13.8 Å². The van der Waals surface area contributed by atoms with Crippen LogP contribution in [0.5, 0.6) is 0 Å². The number of ether oxygens (including phenoxy) is 2. The Kier molecular flexibility index (Phi) is 9.94. The first kappa shape index (κ1) is 30.4. The number of imidazole rings is 1. The quantitative estimate of drug-likeness (QED) is 0.261. The van der Waals surface area contributed by atoms with Gasteiger partial charge in [0, 0.05) is 26.1 Å². The molecular weight excluding hydrogens is 536 g/mol. The molecule has 3 fully saturated rings. The number of nitrogen functional groups attached to an aromatic ring is 1. The van der Waals surface area contributed by atoms with Crippen molar-refractivity contribution in [1.29, 1.82) is 0 Å². The van der Waals surface area contributed by atoms with Crippen LogP contribution < -0.4 is 16.4 Å². The van der Waals surface area contributed by atoms with E-state index in [2.05, 4.69) is 25.6 Å². The summed E-state index contributed by atoms with van der Waals surface area (Å²) in [6, 6.07) is 0. The van der Waals surface area contributed by atoms with Crippen LogP contribution in [0.1, 0.15) is 58.5 Å². The van der Waals surface area contributed by atoms with Gasteiger partial charge in [0.05, 0.1) is 12.9 Å². The van der Waals surface area contributed by atoms with Gasteiger partial charge >= 0.3 is 6.09 Å². The molecule has 3 amide bonds. The maximum absolute atomic E-state index is 12.2. The van der Waals surface area contributed by atoms with Gasteiger partial charge in [-0.15, -0.1) is 0 Å². The number of fused-ring (bicyclic) bond motifs is 1. The summed E-state index contributed by atoms with van der Waals surface area (Å²) in [7, 11) is 0. The van der Waals surface area contributed by atoms with Crippen LogP contribution in [0.3, 0.4) is 0 Å². The van der Waals surface area contributed by atoms with E-state index >= 15 is 0 Å². The van der Waals surface area contributed by atoms with Gasteiger partial charge in [0.25, 0.3) is 11.8 Å². The molecule has 0 saturated carbocycles. The third-order valence-electron chi connectivity index (χ3n) is 7.50. The van der Waals surface area contributed by atoms with Crippen LogP contribution >= 0.6 is 0 Å². The SMILES string of the molecule is CC.CCNC(=O)[C@H]1O[C@@H](n2cnc3c(N)nc(CCCC4CCN(C(=O)OC5CNC5=O)CC4)nc32)[C@@H](O)C1O. The van der Waals surface area contributed by atoms with E-state index in [1.807, 2.05) is 13.8 Å². The first-order chi connectivity index (χ1) is 19.8. The van der Waals surface area contributed by atoms with E-state index in [4.69, 9.17) is 15.2 Å². The van der Waals surface area contributed by atoms with Crippen LogP contribution in [0.25, 0.3) is 11.2 Å². The molecule has 0 aliphatic carbocycles. The van der Waals surface area contributed by atoms with Crippen LogP contribution in [0, 0.1) is 5.92 Å². The largest absolute Gasteiger partial charge is 0.434 e. The lowest BCUT2D eigenvalue weighted by molar-refractivity contribution is -0.138. The summed E-state index contributed by atoms with van der Waals surface area (Å²) in [5.74, 6) is 0.362. The Labute approximate surface area is 237 Å². The molecular formula is C26H40N8O7. The lowest BCUT2D eigenvalue weighted by atomic mass is 9.91. The number of amides is 3. The van der Waals surface area contributed by atoms with Gasteiger partial charge in [0.1, 0.15) is 23.5 Å². The number of anilines is 1. The van der Waals surface area contributed by atoms with Crippen LogP contribution in [-0.2, 0) is 25.5 Å². The summed E-state index contributed by atoms with van der Waals surface area (Å²) in [5.41, 5.74) is 6.83. The topological polar surface area (TPSA) is 207 Å². The van der Waals surface area contributed by atoms with Gasteiger partial charge in [-0.2, -0.15) is 0 Å². The Balaban J connectivity index is 0.00000189. The van der Waals surface area contributed by atoms with Crippen LogP contribution in [0.15, 0.2) is 6.33 Å². The normalized spacial score (nSPS) is 26.1. The van der Waals surface area contributed by atoms with E-state index in [0.29, 0.717) is 55.5 Å². The zero-order chi connectivity index (χ0) is 29.7. The summed E-state index contributed by atoms with van der Waals surface area (Å²) in [6.45, 7) is 7.64. The lowest BCUT2D eigenvalue weighted by Gasteiger charge is -2.33. The second-order valence-electron chi connectivity index (χ2n) is 10.1. The first-order valence-electron chi connectivity index (χ1n) is 14.3. The molecule has 15 heteroatoms. The Bertz CT molecular complexity index is 1230. The number of aliphatic hydroxyl groups excluding tert-OH is 2. The Morgan fingerprint density at radius 2 is 1.95 bits per heavy atom. The van der Waals surface area contributed by atoms with Crippen molar-refractivity contribution in [1.82, 2.24) is 35.1 Å². The number of piperidine rings is 1. The Hall–Kier alpha value is -3.56. The van der Waals surface area contributed by atoms with Crippen molar-refractivity contribution < 1.29 is 34.1 Å². The van der Waals surface area contributed by atoms with Crippen LogP contribution in [0.4, 0.5) is 10.6 Å². The molecule has 226 valence electrons. The highest BCUT2D eigenvalue weighted by Gasteiger charge is 2.47. The number of rotatable bonds is 8. The number of aryl methyl sites for hydroxylation is 1. The average molecular weight is 577 g/mol. The third kappa shape index (κ3) is 6.52. The molecule has 41 heavy (non-hydrogen) atoms. The van der Waals surface area contributed by atoms with Gasteiger partial charge in [0.2, 0.25) is 0 Å². The average Bonchev–Trinajstić information content (AvgIpc) is 3.53. The fourth-order valence-electron chi connectivity index (χ4n) is 5.18. The number of β-lactam (4-membered cyclic amide) rings is 1. The summed E-state index contributed by atoms with van der Waals surface area (Å²) in [6.07, 6.45) is -0.848. The van der Waals surface area contributed by atoms with Gasteiger partial charge in [-0.05, 0) is 38.5 Å². The summed E-state index contributed by atoms with van der Waals surface area (Å²) in [5, 5.41) is 26.1. The van der Waals surface area contributed by atoms with Gasteiger partial charge in [0.15, 0.2) is 29.9 Å². The highest BCUT2D eigenvalue weighted by molar-refractivity contribution is 5.88. The molecule has 3 aliphatic rings. The number of hydrogen-bond donors (Lipinski definition) is 5. The molecule has 3 aliphatic heterocycles. The van der Waals surface area contributed by atoms with E-state index in [-0.39, 0.29) is 11.7 Å². The van der Waals surface area contributed by atoms with Crippen molar-refractivity contribution in [3.63, 3.8) is 0 Å². The number of carbonyl (C=O) groups excluding carboxylic acids is 3. The number of nitrogens with one attached hydrogen (secondary N) is 2. The molecule has 15 nitrogen and oxygen atoms in total. The third-order valence-corrected chi connectivity index (χ3v) is 7.50. The van der Waals surface area contributed by atoms with Gasteiger partial charge in [-0.25, -0.2) is 19.7 Å². The molecule has 5 heterocycles. The van der Waals surface area contributed by atoms with Crippen molar-refractivity contribution in [2.24, 2.45) is 5.92 Å². The monoisotopic (exact) mass is 576 g/mol. The molecule has 0 bridgehead atoms.